The van der Waals surface area contributed by atoms with E-state index in [1.165, 1.54) is 21.9 Å². The van der Waals surface area contributed by atoms with Crippen LogP contribution in [0.15, 0.2) is 12.3 Å². The summed E-state index contributed by atoms with van der Waals surface area (Å²) in [5.74, 6) is 10.4. The fraction of sp³-hybridized carbons (Fsp3) is 0.500. The van der Waals surface area contributed by atoms with Crippen LogP contribution in [0.1, 0.15) is 27.3 Å². The van der Waals surface area contributed by atoms with Crippen molar-refractivity contribution in [2.45, 2.75) is 24.6 Å². The van der Waals surface area contributed by atoms with Crippen LogP contribution in [0, 0.1) is 29.6 Å². The average molecular weight is 435 g/mol. The van der Waals surface area contributed by atoms with Crippen molar-refractivity contribution in [2.75, 3.05) is 32.9 Å². The fourth-order valence-electron chi connectivity index (χ4n) is 3.25. The van der Waals surface area contributed by atoms with Gasteiger partial charge >= 0.3 is 6.03 Å². The first kappa shape index (κ1) is 19.2. The summed E-state index contributed by atoms with van der Waals surface area (Å²) in [5, 5.41) is 8.90. The Bertz CT molecular complexity index is 1150. The highest BCUT2D eigenvalue weighted by Crippen LogP contribution is 2.25. The minimum Gasteiger partial charge on any atom is -0.318 e. The molecule has 1 aromatic rings. The molecule has 9 nitrogen and oxygen atoms in total. The van der Waals surface area contributed by atoms with Crippen molar-refractivity contribution in [2.24, 2.45) is 5.92 Å². The van der Waals surface area contributed by atoms with Crippen LogP contribution in [0.25, 0.3) is 0 Å². The summed E-state index contributed by atoms with van der Waals surface area (Å²) in [7, 11) is -3.84. The van der Waals surface area contributed by atoms with Gasteiger partial charge in [0, 0.05) is 52.0 Å². The molecule has 3 rings (SSSR count). The van der Waals surface area contributed by atoms with Crippen molar-refractivity contribution in [3.8, 4) is 23.7 Å². The maximum atomic E-state index is 12.6. The molecular formula is C20H24N4O5S. The SMILES string of the molecule is [2H]C([2H])N1CC(C#CC#Cc2cc3n(c2)C(=O)N(CCC(C)(C(=O)NO)S(C)(=O)=O)C3)C1. The van der Waals surface area contributed by atoms with Crippen LogP contribution in [0.4, 0.5) is 4.79 Å². The highest BCUT2D eigenvalue weighted by molar-refractivity contribution is 7.92. The van der Waals surface area contributed by atoms with Gasteiger partial charge < -0.3 is 9.80 Å². The number of carbonyl (C=O) groups is 2. The number of fused-ring (bicyclic) bond motifs is 1. The Kier molecular flexibility index (Phi) is 5.21. The van der Waals surface area contributed by atoms with Gasteiger partial charge in [-0.1, -0.05) is 11.8 Å². The largest absolute Gasteiger partial charge is 0.328 e. The third kappa shape index (κ3) is 4.21. The molecule has 30 heavy (non-hydrogen) atoms. The summed E-state index contributed by atoms with van der Waals surface area (Å²) in [6.07, 6.45) is 2.32. The van der Waals surface area contributed by atoms with E-state index >= 15 is 0 Å². The normalized spacial score (nSPS) is 19.5. The lowest BCUT2D eigenvalue weighted by atomic mass is 10.0. The van der Waals surface area contributed by atoms with Crippen LogP contribution in [0.2, 0.25) is 0 Å². The molecular weight excluding hydrogens is 408 g/mol. The predicted molar refractivity (Wildman–Crippen MR) is 109 cm³/mol. The van der Waals surface area contributed by atoms with Gasteiger partial charge in [0.25, 0.3) is 5.91 Å². The van der Waals surface area contributed by atoms with Crippen molar-refractivity contribution < 1.29 is 26.0 Å². The summed E-state index contributed by atoms with van der Waals surface area (Å²) in [5.41, 5.74) is 2.70. The third-order valence-corrected chi connectivity index (χ3v) is 7.47. The number of hydrogen-bond donors (Lipinski definition) is 2. The van der Waals surface area contributed by atoms with E-state index in [9.17, 15) is 18.0 Å². The molecule has 3 heterocycles. The average Bonchev–Trinajstić information content (AvgIpc) is 3.21. The summed E-state index contributed by atoms with van der Waals surface area (Å²) in [4.78, 5) is 27.7. The second-order valence-corrected chi connectivity index (χ2v) is 10.1. The molecule has 0 aromatic carbocycles. The molecule has 1 atom stereocenters. The minimum atomic E-state index is -3.84. The van der Waals surface area contributed by atoms with E-state index < -0.39 is 27.5 Å². The maximum Gasteiger partial charge on any atom is 0.328 e. The molecule has 2 N–H and O–H groups in total. The molecule has 0 radical (unpaired) electrons. The third-order valence-electron chi connectivity index (χ3n) is 5.44. The molecule has 1 aromatic heterocycles. The predicted octanol–water partition coefficient (Wildman–Crippen LogP) is -0.113. The number of likely N-dealkylation sites (tertiary alicyclic amines) is 1. The number of nitrogens with one attached hydrogen (secondary N) is 1. The lowest BCUT2D eigenvalue weighted by molar-refractivity contribution is -0.131. The van der Waals surface area contributed by atoms with E-state index in [2.05, 4.69) is 23.7 Å². The van der Waals surface area contributed by atoms with Crippen molar-refractivity contribution in [1.29, 1.82) is 0 Å². The van der Waals surface area contributed by atoms with E-state index in [4.69, 9.17) is 7.95 Å². The van der Waals surface area contributed by atoms with Crippen molar-refractivity contribution in [3.63, 3.8) is 0 Å². The van der Waals surface area contributed by atoms with Crippen molar-refractivity contribution in [1.82, 2.24) is 19.8 Å². The van der Waals surface area contributed by atoms with Gasteiger partial charge in [0.05, 0.1) is 6.54 Å². The zero-order valence-electron chi connectivity index (χ0n) is 18.7. The number of hydroxylamine groups is 1. The van der Waals surface area contributed by atoms with Crippen LogP contribution in [0.3, 0.4) is 0 Å². The molecule has 0 spiro atoms. The molecule has 0 saturated carbocycles. The Balaban J connectivity index is 1.60. The standard InChI is InChI=1S/C20H24N4O5S/c1-20(18(25)21-27,30(3,28)29)8-9-23-14-17-10-15(13-24(17)19(23)26)6-4-5-7-16-11-22(2)12-16/h10,13,16,27H,8-9,11-12,14H2,1-3H3,(H,21,25)/i2D2. The first-order valence-electron chi connectivity index (χ1n) is 10.4. The number of sulfone groups is 1. The number of rotatable bonds is 5. The van der Waals surface area contributed by atoms with E-state index in [0.717, 1.165) is 6.26 Å². The molecule has 0 bridgehead atoms. The monoisotopic (exact) mass is 434 g/mol. The molecule has 1 unspecified atom stereocenters. The van der Waals surface area contributed by atoms with E-state index in [1.807, 2.05) is 0 Å². The van der Waals surface area contributed by atoms with E-state index in [1.54, 1.807) is 17.2 Å². The summed E-state index contributed by atoms with van der Waals surface area (Å²) >= 11 is 0. The fourth-order valence-corrected chi connectivity index (χ4v) is 4.09. The number of hydrogen-bond acceptors (Lipinski definition) is 6. The molecule has 2 amide bonds. The van der Waals surface area contributed by atoms with Gasteiger partial charge in [-0.3, -0.25) is 14.6 Å². The number of carbonyl (C=O) groups excluding carboxylic acids is 2. The topological polar surface area (TPSA) is 112 Å². The van der Waals surface area contributed by atoms with Gasteiger partial charge in [-0.2, -0.15) is 0 Å². The molecule has 2 aliphatic heterocycles. The second-order valence-electron chi connectivity index (χ2n) is 7.66. The molecule has 0 aliphatic carbocycles. The minimum absolute atomic E-state index is 0.0138. The maximum absolute atomic E-state index is 12.6. The molecule has 1 saturated heterocycles. The van der Waals surface area contributed by atoms with Gasteiger partial charge in [0.1, 0.15) is 0 Å². The lowest BCUT2D eigenvalue weighted by Crippen LogP contribution is -2.50. The highest BCUT2D eigenvalue weighted by Gasteiger charge is 2.44. The first-order valence-corrected chi connectivity index (χ1v) is 11.1. The number of nitrogens with zero attached hydrogens (tertiary/aromatic N) is 3. The Morgan fingerprint density at radius 2 is 2.17 bits per heavy atom. The Hall–Kier alpha value is -2.79. The Morgan fingerprint density at radius 1 is 1.43 bits per heavy atom. The summed E-state index contributed by atoms with van der Waals surface area (Å²) in [6.45, 7) is 1.69. The zero-order valence-corrected chi connectivity index (χ0v) is 17.5. The Morgan fingerprint density at radius 3 is 2.77 bits per heavy atom. The highest BCUT2D eigenvalue weighted by atomic mass is 32.2. The van der Waals surface area contributed by atoms with Crippen LogP contribution in [0.5, 0.6) is 0 Å². The van der Waals surface area contributed by atoms with Gasteiger partial charge in [-0.05, 0) is 38.3 Å². The zero-order chi connectivity index (χ0) is 23.7. The quantitative estimate of drug-likeness (QED) is 0.380. The van der Waals surface area contributed by atoms with E-state index in [-0.39, 0.29) is 31.5 Å². The van der Waals surface area contributed by atoms with Crippen LogP contribution < -0.4 is 5.48 Å². The smallest absolute Gasteiger partial charge is 0.318 e. The first-order chi connectivity index (χ1) is 15.0. The number of aromatic nitrogens is 1. The van der Waals surface area contributed by atoms with Gasteiger partial charge in [0.2, 0.25) is 0 Å². The molecule has 160 valence electrons. The summed E-state index contributed by atoms with van der Waals surface area (Å²) in [6, 6.07) is 1.40. The van der Waals surface area contributed by atoms with Crippen molar-refractivity contribution >= 4 is 21.8 Å². The van der Waals surface area contributed by atoms with E-state index in [0.29, 0.717) is 24.3 Å². The molecule has 2 aliphatic rings. The van der Waals surface area contributed by atoms with Crippen molar-refractivity contribution in [3.05, 3.63) is 23.5 Å². The van der Waals surface area contributed by atoms with Gasteiger partial charge in [-0.15, -0.1) is 0 Å². The lowest BCUT2D eigenvalue weighted by Gasteiger charge is -2.32. The summed E-state index contributed by atoms with van der Waals surface area (Å²) < 4.78 is 38.2. The van der Waals surface area contributed by atoms with Gasteiger partial charge in [0.15, 0.2) is 14.6 Å². The second kappa shape index (κ2) is 8.15. The van der Waals surface area contributed by atoms with Crippen LogP contribution in [-0.4, -0.2) is 77.6 Å². The number of amides is 2. The molecule has 10 heteroatoms. The van der Waals surface area contributed by atoms with Gasteiger partial charge in [-0.25, -0.2) is 18.7 Å². The Labute approximate surface area is 178 Å². The van der Waals surface area contributed by atoms with Crippen LogP contribution >= 0.6 is 0 Å². The van der Waals surface area contributed by atoms with Crippen LogP contribution in [-0.2, 0) is 21.2 Å². The molecule has 1 fully saturated rings.